The van der Waals surface area contributed by atoms with Crippen molar-refractivity contribution in [1.29, 1.82) is 0 Å². The van der Waals surface area contributed by atoms with Crippen LogP contribution in [0.3, 0.4) is 0 Å². The Hall–Kier alpha value is -3.42. The molecule has 1 amide bonds. The second-order valence-corrected chi connectivity index (χ2v) is 5.35. The Kier molecular flexibility index (Phi) is 4.83. The van der Waals surface area contributed by atoms with Gasteiger partial charge >= 0.3 is 0 Å². The van der Waals surface area contributed by atoms with Crippen LogP contribution in [0.25, 0.3) is 10.8 Å². The molecule has 0 aliphatic rings. The Bertz CT molecular complexity index is 1060. The number of hydrogen-bond acceptors (Lipinski definition) is 4. The number of nitrogens with zero attached hydrogens (tertiary/aromatic N) is 3. The maximum Gasteiger partial charge on any atom is 0.292 e. The number of amides is 1. The average molecular weight is 356 g/mol. The van der Waals surface area contributed by atoms with Gasteiger partial charge in [-0.3, -0.25) is 9.59 Å². The van der Waals surface area contributed by atoms with E-state index in [1.165, 1.54) is 6.07 Å². The lowest BCUT2D eigenvalue weighted by molar-refractivity contribution is 0.0949. The third-order valence-corrected chi connectivity index (χ3v) is 3.74. The highest BCUT2D eigenvalue weighted by Gasteiger charge is 2.15. The summed E-state index contributed by atoms with van der Waals surface area (Å²) in [5.41, 5.74) is 1.50. The van der Waals surface area contributed by atoms with E-state index in [9.17, 15) is 18.4 Å². The van der Waals surface area contributed by atoms with Crippen LogP contribution >= 0.6 is 0 Å². The minimum absolute atomic E-state index is 0.00629. The summed E-state index contributed by atoms with van der Waals surface area (Å²) in [6.07, 6.45) is 0.876. The van der Waals surface area contributed by atoms with Crippen molar-refractivity contribution >= 4 is 22.9 Å². The van der Waals surface area contributed by atoms with Gasteiger partial charge in [0.15, 0.2) is 5.69 Å². The SMILES string of the molecule is CCn1nc(C(=O)N/N=C/c2c(F)cccc2F)c2ccccc2c1=O. The number of carbonyl (C=O) groups is 1. The molecular weight excluding hydrogens is 342 g/mol. The monoisotopic (exact) mass is 356 g/mol. The molecule has 132 valence electrons. The lowest BCUT2D eigenvalue weighted by Gasteiger charge is -2.08. The van der Waals surface area contributed by atoms with Crippen LogP contribution < -0.4 is 11.0 Å². The van der Waals surface area contributed by atoms with Gasteiger partial charge in [-0.15, -0.1) is 0 Å². The molecule has 0 aliphatic heterocycles. The summed E-state index contributed by atoms with van der Waals surface area (Å²) in [6, 6.07) is 9.94. The van der Waals surface area contributed by atoms with Gasteiger partial charge < -0.3 is 0 Å². The molecule has 1 aromatic heterocycles. The van der Waals surface area contributed by atoms with Crippen molar-refractivity contribution in [3.05, 3.63) is 75.7 Å². The van der Waals surface area contributed by atoms with Crippen molar-refractivity contribution in [2.45, 2.75) is 13.5 Å². The average Bonchev–Trinajstić information content (AvgIpc) is 2.64. The molecular formula is C18H14F2N4O2. The summed E-state index contributed by atoms with van der Waals surface area (Å²) in [7, 11) is 0. The highest BCUT2D eigenvalue weighted by atomic mass is 19.1. The first-order valence-electron chi connectivity index (χ1n) is 7.80. The summed E-state index contributed by atoms with van der Waals surface area (Å²) in [6.45, 7) is 2.01. The number of hydrazone groups is 1. The largest absolute Gasteiger partial charge is 0.292 e. The van der Waals surface area contributed by atoms with Gasteiger partial charge in [-0.1, -0.05) is 24.3 Å². The zero-order chi connectivity index (χ0) is 18.7. The molecule has 0 unspecified atom stereocenters. The Morgan fingerprint density at radius 3 is 2.46 bits per heavy atom. The number of nitrogens with one attached hydrogen (secondary N) is 1. The van der Waals surface area contributed by atoms with Gasteiger partial charge in [0.1, 0.15) is 11.6 Å². The molecule has 0 atom stereocenters. The minimum atomic E-state index is -0.800. The van der Waals surface area contributed by atoms with Gasteiger partial charge in [0.25, 0.3) is 11.5 Å². The molecule has 0 bridgehead atoms. The quantitative estimate of drug-likeness (QED) is 0.576. The van der Waals surface area contributed by atoms with Crippen molar-refractivity contribution in [2.24, 2.45) is 5.10 Å². The van der Waals surface area contributed by atoms with Crippen LogP contribution in [-0.2, 0) is 6.54 Å². The van der Waals surface area contributed by atoms with E-state index in [0.29, 0.717) is 10.8 Å². The number of aromatic nitrogens is 2. The highest BCUT2D eigenvalue weighted by Crippen LogP contribution is 2.13. The standard InChI is InChI=1S/C18H14F2N4O2/c1-2-24-18(26)12-7-4-3-6-11(12)16(23-24)17(25)22-21-10-13-14(19)8-5-9-15(13)20/h3-10H,2H2,1H3,(H,22,25)/b21-10+. The molecule has 3 rings (SSSR count). The summed E-state index contributed by atoms with van der Waals surface area (Å²) in [4.78, 5) is 24.7. The number of aryl methyl sites for hydroxylation is 1. The fraction of sp³-hybridized carbons (Fsp3) is 0.111. The first kappa shape index (κ1) is 17.4. The second-order valence-electron chi connectivity index (χ2n) is 5.35. The van der Waals surface area contributed by atoms with Crippen molar-refractivity contribution < 1.29 is 13.6 Å². The minimum Gasteiger partial charge on any atom is -0.267 e. The van der Waals surface area contributed by atoms with Gasteiger partial charge in [0, 0.05) is 11.9 Å². The molecule has 0 aliphatic carbocycles. The smallest absolute Gasteiger partial charge is 0.267 e. The fourth-order valence-electron chi connectivity index (χ4n) is 2.46. The van der Waals surface area contributed by atoms with Crippen molar-refractivity contribution in [3.63, 3.8) is 0 Å². The van der Waals surface area contributed by atoms with Crippen LogP contribution in [0.15, 0.2) is 52.4 Å². The fourth-order valence-corrected chi connectivity index (χ4v) is 2.46. The van der Waals surface area contributed by atoms with Crippen LogP contribution in [-0.4, -0.2) is 21.9 Å². The second kappa shape index (κ2) is 7.22. The summed E-state index contributed by atoms with van der Waals surface area (Å²) < 4.78 is 28.3. The zero-order valence-electron chi connectivity index (χ0n) is 13.7. The summed E-state index contributed by atoms with van der Waals surface area (Å²) >= 11 is 0. The number of benzene rings is 2. The molecule has 0 fully saturated rings. The zero-order valence-corrected chi connectivity index (χ0v) is 13.7. The molecule has 8 heteroatoms. The van der Waals surface area contributed by atoms with E-state index in [1.807, 2.05) is 0 Å². The molecule has 1 heterocycles. The van der Waals surface area contributed by atoms with E-state index in [2.05, 4.69) is 15.6 Å². The van der Waals surface area contributed by atoms with E-state index in [0.717, 1.165) is 23.0 Å². The van der Waals surface area contributed by atoms with Gasteiger partial charge in [0.2, 0.25) is 0 Å². The first-order valence-corrected chi connectivity index (χ1v) is 7.80. The van der Waals surface area contributed by atoms with Crippen LogP contribution in [0, 0.1) is 11.6 Å². The summed E-state index contributed by atoms with van der Waals surface area (Å²) in [5.74, 6) is -2.30. The Labute approximate surface area is 146 Å². The third kappa shape index (κ3) is 3.21. The Balaban J connectivity index is 1.95. The first-order chi connectivity index (χ1) is 12.5. The van der Waals surface area contributed by atoms with E-state index >= 15 is 0 Å². The van der Waals surface area contributed by atoms with Crippen LogP contribution in [0.5, 0.6) is 0 Å². The molecule has 6 nitrogen and oxygen atoms in total. The summed E-state index contributed by atoms with van der Waals surface area (Å²) in [5, 5.41) is 8.36. The highest BCUT2D eigenvalue weighted by molar-refractivity contribution is 6.04. The van der Waals surface area contributed by atoms with Crippen LogP contribution in [0.4, 0.5) is 8.78 Å². The van der Waals surface area contributed by atoms with E-state index in [4.69, 9.17) is 0 Å². The maximum atomic E-state index is 13.6. The molecule has 3 aromatic rings. The Morgan fingerprint density at radius 2 is 1.81 bits per heavy atom. The molecule has 0 saturated heterocycles. The maximum absolute atomic E-state index is 13.6. The third-order valence-electron chi connectivity index (χ3n) is 3.74. The normalized spacial score (nSPS) is 11.2. The topological polar surface area (TPSA) is 76.3 Å². The number of carbonyl (C=O) groups excluding carboxylic acids is 1. The van der Waals surface area contributed by atoms with Crippen LogP contribution in [0.2, 0.25) is 0 Å². The van der Waals surface area contributed by atoms with Crippen molar-refractivity contribution in [3.8, 4) is 0 Å². The van der Waals surface area contributed by atoms with Crippen molar-refractivity contribution in [1.82, 2.24) is 15.2 Å². The Morgan fingerprint density at radius 1 is 1.15 bits per heavy atom. The molecule has 0 saturated carbocycles. The van der Waals surface area contributed by atoms with Gasteiger partial charge in [-0.2, -0.15) is 10.2 Å². The lowest BCUT2D eigenvalue weighted by atomic mass is 10.1. The van der Waals surface area contributed by atoms with E-state index in [-0.39, 0.29) is 23.4 Å². The molecule has 0 spiro atoms. The van der Waals surface area contributed by atoms with E-state index < -0.39 is 17.5 Å². The van der Waals surface area contributed by atoms with Gasteiger partial charge in [0.05, 0.1) is 17.2 Å². The molecule has 26 heavy (non-hydrogen) atoms. The lowest BCUT2D eigenvalue weighted by Crippen LogP contribution is -2.28. The predicted octanol–water partition coefficient (Wildman–Crippen LogP) is 2.46. The number of rotatable bonds is 4. The van der Waals surface area contributed by atoms with Gasteiger partial charge in [-0.05, 0) is 25.1 Å². The van der Waals surface area contributed by atoms with Crippen LogP contribution in [0.1, 0.15) is 23.0 Å². The van der Waals surface area contributed by atoms with Crippen molar-refractivity contribution in [2.75, 3.05) is 0 Å². The number of hydrogen-bond donors (Lipinski definition) is 1. The molecule has 2 aromatic carbocycles. The molecule has 0 radical (unpaired) electrons. The predicted molar refractivity (Wildman–Crippen MR) is 93.1 cm³/mol. The number of halogens is 2. The van der Waals surface area contributed by atoms with Gasteiger partial charge in [-0.25, -0.2) is 18.9 Å². The number of fused-ring (bicyclic) bond motifs is 1. The molecule has 1 N–H and O–H groups in total. The van der Waals surface area contributed by atoms with E-state index in [1.54, 1.807) is 31.2 Å².